The summed E-state index contributed by atoms with van der Waals surface area (Å²) in [5.41, 5.74) is -0.406. The zero-order valence-corrected chi connectivity index (χ0v) is 14.8. The molecule has 0 aromatic rings. The molecule has 1 saturated carbocycles. The van der Waals surface area contributed by atoms with Gasteiger partial charge >= 0.3 is 5.97 Å². The zero-order chi connectivity index (χ0) is 16.6. The SMILES string of the molecule is CCOC(=O)CCN(C(=O)C(C)(C)C)C1CCCCCCC1. The summed E-state index contributed by atoms with van der Waals surface area (Å²) >= 11 is 0. The summed E-state index contributed by atoms with van der Waals surface area (Å²) in [6.07, 6.45) is 8.60. The fourth-order valence-electron chi connectivity index (χ4n) is 3.07. The number of ether oxygens (including phenoxy) is 1. The molecule has 22 heavy (non-hydrogen) atoms. The summed E-state index contributed by atoms with van der Waals surface area (Å²) in [4.78, 5) is 26.4. The van der Waals surface area contributed by atoms with Gasteiger partial charge in [-0.3, -0.25) is 9.59 Å². The molecule has 4 nitrogen and oxygen atoms in total. The highest BCUT2D eigenvalue weighted by Gasteiger charge is 2.32. The van der Waals surface area contributed by atoms with Gasteiger partial charge in [-0.15, -0.1) is 0 Å². The molecule has 0 spiro atoms. The predicted octanol–water partition coefficient (Wildman–Crippen LogP) is 3.93. The van der Waals surface area contributed by atoms with Crippen LogP contribution in [0.5, 0.6) is 0 Å². The first-order valence-electron chi connectivity index (χ1n) is 8.83. The van der Waals surface area contributed by atoms with E-state index >= 15 is 0 Å². The first-order valence-corrected chi connectivity index (χ1v) is 8.83. The number of amides is 1. The van der Waals surface area contributed by atoms with Gasteiger partial charge in [0.1, 0.15) is 0 Å². The maximum atomic E-state index is 12.8. The highest BCUT2D eigenvalue weighted by atomic mass is 16.5. The van der Waals surface area contributed by atoms with Crippen molar-refractivity contribution in [1.82, 2.24) is 4.90 Å². The number of esters is 1. The Labute approximate surface area is 135 Å². The van der Waals surface area contributed by atoms with Crippen molar-refractivity contribution in [3.8, 4) is 0 Å². The smallest absolute Gasteiger partial charge is 0.307 e. The second-order valence-corrected chi connectivity index (χ2v) is 7.30. The summed E-state index contributed by atoms with van der Waals surface area (Å²) < 4.78 is 5.01. The van der Waals surface area contributed by atoms with Crippen LogP contribution in [0.3, 0.4) is 0 Å². The van der Waals surface area contributed by atoms with Gasteiger partial charge in [0.2, 0.25) is 5.91 Å². The summed E-state index contributed by atoms with van der Waals surface area (Å²) in [5, 5.41) is 0. The molecule has 0 bridgehead atoms. The fraction of sp³-hybridized carbons (Fsp3) is 0.889. The van der Waals surface area contributed by atoms with Crippen molar-refractivity contribution in [2.24, 2.45) is 5.41 Å². The van der Waals surface area contributed by atoms with Gasteiger partial charge in [-0.25, -0.2) is 0 Å². The third-order valence-electron chi connectivity index (χ3n) is 4.28. The number of hydrogen-bond acceptors (Lipinski definition) is 3. The zero-order valence-electron chi connectivity index (χ0n) is 14.8. The second kappa shape index (κ2) is 9.16. The van der Waals surface area contributed by atoms with Gasteiger partial charge in [0.15, 0.2) is 0 Å². The molecule has 0 saturated heterocycles. The quantitative estimate of drug-likeness (QED) is 0.723. The van der Waals surface area contributed by atoms with Crippen LogP contribution in [0.25, 0.3) is 0 Å². The summed E-state index contributed by atoms with van der Waals surface area (Å²) in [6, 6.07) is 0.279. The average Bonchev–Trinajstić information content (AvgIpc) is 2.39. The molecule has 1 amide bonds. The molecule has 1 rings (SSSR count). The standard InChI is InChI=1S/C18H33NO3/c1-5-22-16(20)13-14-19(17(21)18(2,3)4)15-11-9-7-6-8-10-12-15/h15H,5-14H2,1-4H3. The van der Waals surface area contributed by atoms with Gasteiger partial charge in [0.25, 0.3) is 0 Å². The van der Waals surface area contributed by atoms with Gasteiger partial charge in [0, 0.05) is 18.0 Å². The van der Waals surface area contributed by atoms with E-state index in [1.54, 1.807) is 0 Å². The Balaban J connectivity index is 2.75. The summed E-state index contributed by atoms with van der Waals surface area (Å²) in [5.74, 6) is -0.0533. The maximum absolute atomic E-state index is 12.8. The predicted molar refractivity (Wildman–Crippen MR) is 88.5 cm³/mol. The van der Waals surface area contributed by atoms with Crippen molar-refractivity contribution in [2.45, 2.75) is 85.1 Å². The lowest BCUT2D eigenvalue weighted by Gasteiger charge is -2.37. The van der Waals surface area contributed by atoms with E-state index in [2.05, 4.69) is 0 Å². The van der Waals surface area contributed by atoms with Crippen molar-refractivity contribution in [3.05, 3.63) is 0 Å². The minimum absolute atomic E-state index is 0.155. The second-order valence-electron chi connectivity index (χ2n) is 7.30. The lowest BCUT2D eigenvalue weighted by molar-refractivity contribution is -0.147. The summed E-state index contributed by atoms with van der Waals surface area (Å²) in [7, 11) is 0. The molecule has 0 heterocycles. The van der Waals surface area contributed by atoms with Crippen LogP contribution in [0.15, 0.2) is 0 Å². The Morgan fingerprint density at radius 3 is 2.09 bits per heavy atom. The average molecular weight is 311 g/mol. The van der Waals surface area contributed by atoms with Crippen LogP contribution in [0.4, 0.5) is 0 Å². The van der Waals surface area contributed by atoms with Crippen LogP contribution in [0.2, 0.25) is 0 Å². The monoisotopic (exact) mass is 311 g/mol. The molecule has 1 aliphatic rings. The molecular formula is C18H33NO3. The minimum Gasteiger partial charge on any atom is -0.466 e. The van der Waals surface area contributed by atoms with Crippen molar-refractivity contribution >= 4 is 11.9 Å². The van der Waals surface area contributed by atoms with E-state index in [-0.39, 0.29) is 17.9 Å². The molecule has 0 radical (unpaired) electrons. The van der Waals surface area contributed by atoms with Crippen LogP contribution < -0.4 is 0 Å². The van der Waals surface area contributed by atoms with Gasteiger partial charge in [-0.05, 0) is 19.8 Å². The Morgan fingerprint density at radius 1 is 1.05 bits per heavy atom. The third kappa shape index (κ3) is 6.37. The number of hydrogen-bond donors (Lipinski definition) is 0. The largest absolute Gasteiger partial charge is 0.466 e. The van der Waals surface area contributed by atoms with Crippen molar-refractivity contribution in [1.29, 1.82) is 0 Å². The number of carbonyl (C=O) groups excluding carboxylic acids is 2. The summed E-state index contributed by atoms with van der Waals surface area (Å²) in [6.45, 7) is 8.56. The van der Waals surface area contributed by atoms with Crippen molar-refractivity contribution in [3.63, 3.8) is 0 Å². The number of rotatable bonds is 5. The van der Waals surface area contributed by atoms with E-state index in [0.29, 0.717) is 19.6 Å². The lowest BCUT2D eigenvalue weighted by Crippen LogP contribution is -2.47. The fourth-order valence-corrected chi connectivity index (χ4v) is 3.07. The third-order valence-corrected chi connectivity index (χ3v) is 4.28. The molecule has 0 aromatic heterocycles. The van der Waals surface area contributed by atoms with Crippen LogP contribution >= 0.6 is 0 Å². The molecule has 0 aromatic carbocycles. The number of nitrogens with zero attached hydrogens (tertiary/aromatic N) is 1. The van der Waals surface area contributed by atoms with E-state index in [9.17, 15) is 9.59 Å². The van der Waals surface area contributed by atoms with Gasteiger partial charge in [-0.1, -0.05) is 52.9 Å². The normalized spacial score (nSPS) is 17.5. The lowest BCUT2D eigenvalue weighted by atomic mass is 9.90. The highest BCUT2D eigenvalue weighted by Crippen LogP contribution is 2.26. The van der Waals surface area contributed by atoms with E-state index in [4.69, 9.17) is 4.74 Å². The Hall–Kier alpha value is -1.06. The minimum atomic E-state index is -0.406. The van der Waals surface area contributed by atoms with Crippen LogP contribution in [-0.2, 0) is 14.3 Å². The Bertz CT molecular complexity index is 352. The van der Waals surface area contributed by atoms with E-state index in [1.807, 2.05) is 32.6 Å². The van der Waals surface area contributed by atoms with E-state index in [0.717, 1.165) is 12.8 Å². The molecule has 128 valence electrons. The molecular weight excluding hydrogens is 278 g/mol. The van der Waals surface area contributed by atoms with E-state index < -0.39 is 5.41 Å². The molecule has 0 aliphatic heterocycles. The van der Waals surface area contributed by atoms with E-state index in [1.165, 1.54) is 32.1 Å². The molecule has 0 N–H and O–H groups in total. The van der Waals surface area contributed by atoms with Crippen LogP contribution in [0.1, 0.15) is 79.1 Å². The maximum Gasteiger partial charge on any atom is 0.307 e. The molecule has 0 unspecified atom stereocenters. The van der Waals surface area contributed by atoms with Crippen molar-refractivity contribution in [2.75, 3.05) is 13.2 Å². The number of carbonyl (C=O) groups is 2. The Morgan fingerprint density at radius 2 is 1.59 bits per heavy atom. The van der Waals surface area contributed by atoms with Crippen molar-refractivity contribution < 1.29 is 14.3 Å². The Kier molecular flexibility index (Phi) is 7.91. The topological polar surface area (TPSA) is 46.6 Å². The van der Waals surface area contributed by atoms with Gasteiger partial charge in [0.05, 0.1) is 13.0 Å². The molecule has 1 aliphatic carbocycles. The first kappa shape index (κ1) is 19.0. The van der Waals surface area contributed by atoms with Gasteiger partial charge < -0.3 is 9.64 Å². The van der Waals surface area contributed by atoms with Crippen LogP contribution in [0, 0.1) is 5.41 Å². The first-order chi connectivity index (χ1) is 10.4. The highest BCUT2D eigenvalue weighted by molar-refractivity contribution is 5.82. The van der Waals surface area contributed by atoms with Crippen LogP contribution in [-0.4, -0.2) is 36.0 Å². The molecule has 1 fully saturated rings. The molecule has 0 atom stereocenters. The van der Waals surface area contributed by atoms with Gasteiger partial charge in [-0.2, -0.15) is 0 Å². The molecule has 4 heteroatoms.